The van der Waals surface area contributed by atoms with E-state index in [1.807, 2.05) is 18.2 Å². The first kappa shape index (κ1) is 15.4. The highest BCUT2D eigenvalue weighted by Crippen LogP contribution is 2.20. The molecular formula is C17H19ClN2O. The molecule has 2 N–H and O–H groups in total. The van der Waals surface area contributed by atoms with E-state index >= 15 is 0 Å². The Morgan fingerprint density at radius 2 is 1.90 bits per heavy atom. The van der Waals surface area contributed by atoms with Crippen molar-refractivity contribution in [2.24, 2.45) is 0 Å². The summed E-state index contributed by atoms with van der Waals surface area (Å²) >= 11 is 5.97. The van der Waals surface area contributed by atoms with Gasteiger partial charge in [0.1, 0.15) is 0 Å². The van der Waals surface area contributed by atoms with Crippen LogP contribution in [-0.4, -0.2) is 19.5 Å². The predicted octanol–water partition coefficient (Wildman–Crippen LogP) is 3.92. The van der Waals surface area contributed by atoms with E-state index in [0.717, 1.165) is 5.69 Å². The highest BCUT2D eigenvalue weighted by Gasteiger charge is 2.13. The first-order chi connectivity index (χ1) is 10.1. The lowest BCUT2D eigenvalue weighted by molar-refractivity contribution is 0.0952. The molecule has 0 heterocycles. The zero-order valence-electron chi connectivity index (χ0n) is 12.2. The Hall–Kier alpha value is -2.00. The van der Waals surface area contributed by atoms with Gasteiger partial charge < -0.3 is 10.6 Å². The molecule has 1 unspecified atom stereocenters. The Morgan fingerprint density at radius 3 is 2.57 bits per heavy atom. The van der Waals surface area contributed by atoms with Crippen molar-refractivity contribution in [3.8, 4) is 0 Å². The van der Waals surface area contributed by atoms with Crippen molar-refractivity contribution in [2.75, 3.05) is 18.9 Å². The molecule has 3 nitrogen and oxygen atoms in total. The fourth-order valence-electron chi connectivity index (χ4n) is 2.16. The lowest BCUT2D eigenvalue weighted by atomic mass is 10.0. The van der Waals surface area contributed by atoms with Gasteiger partial charge in [-0.1, -0.05) is 48.9 Å². The summed E-state index contributed by atoms with van der Waals surface area (Å²) in [6, 6.07) is 15.4. The third-order valence-electron chi connectivity index (χ3n) is 3.43. The van der Waals surface area contributed by atoms with Gasteiger partial charge >= 0.3 is 0 Å². The molecule has 0 spiro atoms. The van der Waals surface area contributed by atoms with E-state index in [1.54, 1.807) is 25.2 Å². The van der Waals surface area contributed by atoms with Crippen LogP contribution in [0, 0.1) is 0 Å². The number of hydrogen-bond acceptors (Lipinski definition) is 2. The summed E-state index contributed by atoms with van der Waals surface area (Å²) in [5.74, 6) is 0.136. The zero-order valence-corrected chi connectivity index (χ0v) is 12.9. The number of carbonyl (C=O) groups excluding carboxylic acids is 1. The van der Waals surface area contributed by atoms with Crippen LogP contribution in [0.1, 0.15) is 28.8 Å². The first-order valence-corrected chi connectivity index (χ1v) is 7.30. The number of hydrogen-bond donors (Lipinski definition) is 2. The maximum atomic E-state index is 12.3. The van der Waals surface area contributed by atoms with E-state index in [1.165, 1.54) is 5.56 Å². The molecule has 0 bridgehead atoms. The van der Waals surface area contributed by atoms with Crippen molar-refractivity contribution < 1.29 is 4.79 Å². The number of anilines is 1. The molecule has 2 aromatic carbocycles. The molecule has 4 heteroatoms. The van der Waals surface area contributed by atoms with Crippen LogP contribution < -0.4 is 10.6 Å². The number of rotatable bonds is 5. The monoisotopic (exact) mass is 302 g/mol. The summed E-state index contributed by atoms with van der Waals surface area (Å²) in [5.41, 5.74) is 2.53. The molecular weight excluding hydrogens is 284 g/mol. The van der Waals surface area contributed by atoms with Gasteiger partial charge in [-0.15, -0.1) is 0 Å². The second-order valence-electron chi connectivity index (χ2n) is 4.96. The summed E-state index contributed by atoms with van der Waals surface area (Å²) in [7, 11) is 1.78. The minimum atomic E-state index is -0.121. The Morgan fingerprint density at radius 1 is 1.19 bits per heavy atom. The van der Waals surface area contributed by atoms with Gasteiger partial charge in [0.15, 0.2) is 0 Å². The van der Waals surface area contributed by atoms with Crippen LogP contribution in [0.25, 0.3) is 0 Å². The average Bonchev–Trinajstić information content (AvgIpc) is 2.53. The van der Waals surface area contributed by atoms with Crippen LogP contribution in [0.3, 0.4) is 0 Å². The predicted molar refractivity (Wildman–Crippen MR) is 88.2 cm³/mol. The molecule has 1 amide bonds. The van der Waals surface area contributed by atoms with Gasteiger partial charge in [-0.2, -0.15) is 0 Å². The number of carbonyl (C=O) groups is 1. The van der Waals surface area contributed by atoms with E-state index < -0.39 is 0 Å². The van der Waals surface area contributed by atoms with Crippen LogP contribution in [0.4, 0.5) is 5.69 Å². The molecule has 0 aliphatic heterocycles. The molecule has 21 heavy (non-hydrogen) atoms. The molecule has 1 atom stereocenters. The second kappa shape index (κ2) is 7.14. The van der Waals surface area contributed by atoms with Crippen molar-refractivity contribution in [1.82, 2.24) is 5.32 Å². The highest BCUT2D eigenvalue weighted by atomic mass is 35.5. The minimum Gasteiger partial charge on any atom is -0.387 e. The van der Waals surface area contributed by atoms with Gasteiger partial charge in [0, 0.05) is 24.3 Å². The maximum Gasteiger partial charge on any atom is 0.253 e. The van der Waals surface area contributed by atoms with E-state index in [9.17, 15) is 4.79 Å². The summed E-state index contributed by atoms with van der Waals surface area (Å²) < 4.78 is 0. The van der Waals surface area contributed by atoms with Crippen LogP contribution >= 0.6 is 11.6 Å². The maximum absolute atomic E-state index is 12.3. The third kappa shape index (κ3) is 3.99. The van der Waals surface area contributed by atoms with E-state index in [0.29, 0.717) is 17.1 Å². The molecule has 0 aliphatic rings. The molecule has 110 valence electrons. The highest BCUT2D eigenvalue weighted by molar-refractivity contribution is 6.31. The van der Waals surface area contributed by atoms with Crippen molar-refractivity contribution in [3.63, 3.8) is 0 Å². The second-order valence-corrected chi connectivity index (χ2v) is 5.40. The summed E-state index contributed by atoms with van der Waals surface area (Å²) in [5, 5.41) is 6.52. The molecule has 0 radical (unpaired) electrons. The Bertz CT molecular complexity index is 613. The SMILES string of the molecule is CNc1ccc(Cl)cc1C(=O)NCC(C)c1ccccc1. The molecule has 2 aromatic rings. The van der Waals surface area contributed by atoms with Crippen LogP contribution in [0.15, 0.2) is 48.5 Å². The molecule has 0 saturated heterocycles. The Labute approximate surface area is 130 Å². The Balaban J connectivity index is 2.04. The third-order valence-corrected chi connectivity index (χ3v) is 3.67. The average molecular weight is 303 g/mol. The van der Waals surface area contributed by atoms with Gasteiger partial charge in [0.25, 0.3) is 5.91 Å². The number of halogens is 1. The summed E-state index contributed by atoms with van der Waals surface area (Å²) in [4.78, 5) is 12.3. The van der Waals surface area contributed by atoms with Crippen molar-refractivity contribution in [2.45, 2.75) is 12.8 Å². The Kier molecular flexibility index (Phi) is 5.23. The first-order valence-electron chi connectivity index (χ1n) is 6.92. The van der Waals surface area contributed by atoms with Crippen molar-refractivity contribution in [3.05, 3.63) is 64.7 Å². The fourth-order valence-corrected chi connectivity index (χ4v) is 2.33. The molecule has 2 rings (SSSR count). The molecule has 0 fully saturated rings. The smallest absolute Gasteiger partial charge is 0.253 e. The molecule has 0 saturated carbocycles. The normalized spacial score (nSPS) is 11.8. The van der Waals surface area contributed by atoms with E-state index in [-0.39, 0.29) is 11.8 Å². The van der Waals surface area contributed by atoms with Gasteiger partial charge in [0.05, 0.1) is 5.56 Å². The van der Waals surface area contributed by atoms with Gasteiger partial charge in [-0.3, -0.25) is 4.79 Å². The van der Waals surface area contributed by atoms with Crippen LogP contribution in [-0.2, 0) is 0 Å². The molecule has 0 aliphatic carbocycles. The van der Waals surface area contributed by atoms with E-state index in [2.05, 4.69) is 29.7 Å². The van der Waals surface area contributed by atoms with Gasteiger partial charge in [-0.05, 0) is 29.7 Å². The molecule has 0 aromatic heterocycles. The quantitative estimate of drug-likeness (QED) is 0.879. The van der Waals surface area contributed by atoms with Crippen LogP contribution in [0.5, 0.6) is 0 Å². The fraction of sp³-hybridized carbons (Fsp3) is 0.235. The lowest BCUT2D eigenvalue weighted by Crippen LogP contribution is -2.28. The van der Waals surface area contributed by atoms with Gasteiger partial charge in [0.2, 0.25) is 0 Å². The van der Waals surface area contributed by atoms with Crippen molar-refractivity contribution in [1.29, 1.82) is 0 Å². The number of amides is 1. The minimum absolute atomic E-state index is 0.121. The van der Waals surface area contributed by atoms with Crippen LogP contribution in [0.2, 0.25) is 5.02 Å². The van der Waals surface area contributed by atoms with E-state index in [4.69, 9.17) is 11.6 Å². The largest absolute Gasteiger partial charge is 0.387 e. The summed E-state index contributed by atoms with van der Waals surface area (Å²) in [6.07, 6.45) is 0. The summed E-state index contributed by atoms with van der Waals surface area (Å²) in [6.45, 7) is 2.67. The standard InChI is InChI=1S/C17H19ClN2O/c1-12(13-6-4-3-5-7-13)11-20-17(21)15-10-14(18)8-9-16(15)19-2/h3-10,12,19H,11H2,1-2H3,(H,20,21). The zero-order chi connectivity index (χ0) is 15.2. The number of benzene rings is 2. The lowest BCUT2D eigenvalue weighted by Gasteiger charge is -2.14. The number of nitrogens with one attached hydrogen (secondary N) is 2. The topological polar surface area (TPSA) is 41.1 Å². The van der Waals surface area contributed by atoms with Gasteiger partial charge in [-0.25, -0.2) is 0 Å². The van der Waals surface area contributed by atoms with Crippen molar-refractivity contribution >= 4 is 23.2 Å².